The Morgan fingerprint density at radius 2 is 2.00 bits per heavy atom. The van der Waals surface area contributed by atoms with Crippen LogP contribution in [-0.2, 0) is 11.8 Å². The molecule has 0 radical (unpaired) electrons. The summed E-state index contributed by atoms with van der Waals surface area (Å²) in [5.41, 5.74) is 3.20. The summed E-state index contributed by atoms with van der Waals surface area (Å²) in [4.78, 5) is 0. The van der Waals surface area contributed by atoms with Gasteiger partial charge in [-0.1, -0.05) is 45.2 Å². The Morgan fingerprint density at radius 3 is 2.47 bits per heavy atom. The summed E-state index contributed by atoms with van der Waals surface area (Å²) in [5.74, 6) is 0. The molecule has 92 valence electrons. The van der Waals surface area contributed by atoms with E-state index in [-0.39, 0.29) is 0 Å². The topological polar surface area (TPSA) is 20.2 Å². The van der Waals surface area contributed by atoms with Crippen molar-refractivity contribution >= 4 is 9.24 Å². The third-order valence-corrected chi connectivity index (χ3v) is 3.99. The Bertz CT molecular complexity index is 414. The Hall–Kier alpha value is -0.720. The summed E-state index contributed by atoms with van der Waals surface area (Å²) >= 11 is 0. The average molecular weight is 252 g/mol. The van der Waals surface area contributed by atoms with E-state index in [1.54, 1.807) is 12.1 Å². The highest BCUT2D eigenvalue weighted by Crippen LogP contribution is 2.37. The standard InChI is InChI=1S/C14H18FOP/c1-10(16)14(15,17)13-8-6-12(7-9-13)5-4-11-2-3-11/h4,6-10,16H,2-3,5,17H2,1H3. The van der Waals surface area contributed by atoms with Crippen molar-refractivity contribution in [2.24, 2.45) is 0 Å². The van der Waals surface area contributed by atoms with Gasteiger partial charge in [0.1, 0.15) is 0 Å². The molecule has 1 aliphatic rings. The summed E-state index contributed by atoms with van der Waals surface area (Å²) in [7, 11) is 2.09. The van der Waals surface area contributed by atoms with Crippen molar-refractivity contribution < 1.29 is 9.50 Å². The van der Waals surface area contributed by atoms with Gasteiger partial charge in [-0.2, -0.15) is 0 Å². The van der Waals surface area contributed by atoms with Crippen LogP contribution in [0.3, 0.4) is 0 Å². The number of aliphatic hydroxyl groups excluding tert-OH is 1. The molecule has 1 fully saturated rings. The minimum atomic E-state index is -1.76. The lowest BCUT2D eigenvalue weighted by Gasteiger charge is -2.23. The Morgan fingerprint density at radius 1 is 1.41 bits per heavy atom. The molecule has 0 heterocycles. The van der Waals surface area contributed by atoms with Gasteiger partial charge in [0.15, 0.2) is 5.41 Å². The lowest BCUT2D eigenvalue weighted by Crippen LogP contribution is -2.26. The van der Waals surface area contributed by atoms with Gasteiger partial charge in [0, 0.05) is 0 Å². The van der Waals surface area contributed by atoms with Gasteiger partial charge in [-0.15, -0.1) is 0 Å². The normalized spacial score (nSPS) is 19.6. The first-order valence-electron chi connectivity index (χ1n) is 5.93. The van der Waals surface area contributed by atoms with Crippen molar-refractivity contribution in [3.05, 3.63) is 47.0 Å². The molecule has 0 saturated heterocycles. The first kappa shape index (κ1) is 12.7. The molecule has 0 amide bonds. The molecule has 0 spiro atoms. The number of aliphatic hydroxyl groups is 1. The monoisotopic (exact) mass is 252 g/mol. The number of allylic oxidation sites excluding steroid dienone is 2. The van der Waals surface area contributed by atoms with Crippen LogP contribution in [0.25, 0.3) is 0 Å². The Labute approximate surface area is 104 Å². The molecule has 3 heteroatoms. The Balaban J connectivity index is 2.09. The highest BCUT2D eigenvalue weighted by atomic mass is 31.0. The fraction of sp³-hybridized carbons (Fsp3) is 0.429. The summed E-state index contributed by atoms with van der Waals surface area (Å²) in [6.45, 7) is 1.46. The minimum absolute atomic E-state index is 0.500. The van der Waals surface area contributed by atoms with Gasteiger partial charge in [-0.3, -0.25) is 0 Å². The zero-order chi connectivity index (χ0) is 12.5. The highest BCUT2D eigenvalue weighted by Gasteiger charge is 2.31. The van der Waals surface area contributed by atoms with E-state index in [0.717, 1.165) is 6.42 Å². The Kier molecular flexibility index (Phi) is 3.65. The SMILES string of the molecule is CC(O)C(F)(P)c1ccc(CC=C2CC2)cc1. The predicted octanol–water partition coefficient (Wildman–Crippen LogP) is 3.33. The first-order valence-corrected chi connectivity index (χ1v) is 6.51. The van der Waals surface area contributed by atoms with Crippen LogP contribution in [0.15, 0.2) is 35.9 Å². The van der Waals surface area contributed by atoms with Crippen molar-refractivity contribution in [2.45, 2.75) is 37.7 Å². The molecule has 2 rings (SSSR count). The average Bonchev–Trinajstić information content (AvgIpc) is 3.10. The maximum absolute atomic E-state index is 14.1. The molecule has 3 atom stereocenters. The van der Waals surface area contributed by atoms with Gasteiger partial charge in [0.25, 0.3) is 0 Å². The van der Waals surface area contributed by atoms with Gasteiger partial charge < -0.3 is 5.11 Å². The van der Waals surface area contributed by atoms with Crippen molar-refractivity contribution in [3.63, 3.8) is 0 Å². The zero-order valence-electron chi connectivity index (χ0n) is 9.99. The van der Waals surface area contributed by atoms with E-state index in [0.29, 0.717) is 5.56 Å². The fourth-order valence-electron chi connectivity index (χ4n) is 1.68. The van der Waals surface area contributed by atoms with Gasteiger partial charge in [-0.05, 0) is 37.3 Å². The van der Waals surface area contributed by atoms with Crippen LogP contribution in [0.2, 0.25) is 0 Å². The van der Waals surface area contributed by atoms with Crippen LogP contribution in [0.5, 0.6) is 0 Å². The molecule has 1 nitrogen and oxygen atoms in total. The maximum atomic E-state index is 14.1. The number of alkyl halides is 1. The molecule has 1 aromatic carbocycles. The van der Waals surface area contributed by atoms with E-state index >= 15 is 0 Å². The second-order valence-electron chi connectivity index (χ2n) is 4.71. The van der Waals surface area contributed by atoms with Crippen LogP contribution < -0.4 is 0 Å². The van der Waals surface area contributed by atoms with Crippen molar-refractivity contribution in [1.29, 1.82) is 0 Å². The largest absolute Gasteiger partial charge is 0.389 e. The number of benzene rings is 1. The molecule has 0 aliphatic heterocycles. The second kappa shape index (κ2) is 4.88. The summed E-state index contributed by atoms with van der Waals surface area (Å²) in [6, 6.07) is 7.35. The third kappa shape index (κ3) is 3.14. The second-order valence-corrected chi connectivity index (χ2v) is 5.55. The van der Waals surface area contributed by atoms with E-state index in [1.165, 1.54) is 30.9 Å². The quantitative estimate of drug-likeness (QED) is 0.643. The number of hydrogen-bond donors (Lipinski definition) is 1. The minimum Gasteiger partial charge on any atom is -0.389 e. The third-order valence-electron chi connectivity index (χ3n) is 3.17. The van der Waals surface area contributed by atoms with E-state index in [1.807, 2.05) is 12.1 Å². The lowest BCUT2D eigenvalue weighted by atomic mass is 10.0. The molecule has 1 aliphatic carbocycles. The summed E-state index contributed by atoms with van der Waals surface area (Å²) < 4.78 is 14.1. The highest BCUT2D eigenvalue weighted by molar-refractivity contribution is 7.18. The lowest BCUT2D eigenvalue weighted by molar-refractivity contribution is 0.0671. The van der Waals surface area contributed by atoms with E-state index in [9.17, 15) is 9.50 Å². The summed E-state index contributed by atoms with van der Waals surface area (Å²) in [5, 5.41) is 7.63. The molecular weight excluding hydrogens is 234 g/mol. The van der Waals surface area contributed by atoms with Gasteiger partial charge in [0.2, 0.25) is 0 Å². The molecule has 1 saturated carbocycles. The van der Waals surface area contributed by atoms with E-state index in [4.69, 9.17) is 0 Å². The molecule has 1 N–H and O–H groups in total. The van der Waals surface area contributed by atoms with E-state index in [2.05, 4.69) is 15.3 Å². The molecular formula is C14H18FOP. The molecule has 1 aromatic rings. The molecule has 0 aromatic heterocycles. The van der Waals surface area contributed by atoms with Crippen LogP contribution in [-0.4, -0.2) is 11.2 Å². The van der Waals surface area contributed by atoms with Crippen LogP contribution in [0.4, 0.5) is 4.39 Å². The molecule has 0 bridgehead atoms. The number of hydrogen-bond acceptors (Lipinski definition) is 1. The van der Waals surface area contributed by atoms with Gasteiger partial charge >= 0.3 is 0 Å². The van der Waals surface area contributed by atoms with Gasteiger partial charge in [0.05, 0.1) is 6.10 Å². The number of rotatable bonds is 4. The summed E-state index contributed by atoms with van der Waals surface area (Å²) in [6.07, 6.45) is 4.60. The van der Waals surface area contributed by atoms with Crippen LogP contribution >= 0.6 is 9.24 Å². The smallest absolute Gasteiger partial charge is 0.173 e. The van der Waals surface area contributed by atoms with Gasteiger partial charge in [-0.25, -0.2) is 4.39 Å². The first-order chi connectivity index (χ1) is 8.00. The molecule has 3 unspecified atom stereocenters. The maximum Gasteiger partial charge on any atom is 0.173 e. The zero-order valence-corrected chi connectivity index (χ0v) is 11.1. The van der Waals surface area contributed by atoms with Crippen molar-refractivity contribution in [2.75, 3.05) is 0 Å². The molecule has 17 heavy (non-hydrogen) atoms. The predicted molar refractivity (Wildman–Crippen MR) is 71.6 cm³/mol. The fourth-order valence-corrected chi connectivity index (χ4v) is 1.87. The van der Waals surface area contributed by atoms with Crippen LogP contribution in [0.1, 0.15) is 30.9 Å². The van der Waals surface area contributed by atoms with E-state index < -0.39 is 11.5 Å². The van der Waals surface area contributed by atoms with Crippen LogP contribution in [0, 0.1) is 0 Å². The van der Waals surface area contributed by atoms with Crippen molar-refractivity contribution in [3.8, 4) is 0 Å². The number of halogens is 1. The van der Waals surface area contributed by atoms with Crippen molar-refractivity contribution in [1.82, 2.24) is 0 Å².